The third-order valence-electron chi connectivity index (χ3n) is 2.68. The molecule has 2 aromatic carbocycles. The lowest BCUT2D eigenvalue weighted by atomic mass is 10.1. The van der Waals surface area contributed by atoms with Gasteiger partial charge in [0.15, 0.2) is 0 Å². The molecule has 0 spiro atoms. The highest BCUT2D eigenvalue weighted by molar-refractivity contribution is 6.33. The van der Waals surface area contributed by atoms with E-state index in [1.54, 1.807) is 12.1 Å². The molecule has 0 radical (unpaired) electrons. The second-order valence-electron chi connectivity index (χ2n) is 4.01. The fourth-order valence-electron chi connectivity index (χ4n) is 1.69. The number of anilines is 2. The lowest BCUT2D eigenvalue weighted by molar-refractivity contribution is 0.102. The van der Waals surface area contributed by atoms with Gasteiger partial charge in [0.1, 0.15) is 17.1 Å². The Hall–Kier alpha value is -2.27. The minimum atomic E-state index is -0.664. The molecule has 0 saturated heterocycles. The number of nitrogens with one attached hydrogen (secondary N) is 1. The van der Waals surface area contributed by atoms with E-state index in [1.807, 2.05) is 0 Å². The minimum Gasteiger partial charge on any atom is -0.496 e. The number of halogens is 2. The molecule has 4 nitrogen and oxygen atoms in total. The number of rotatable bonds is 3. The molecule has 0 saturated carbocycles. The van der Waals surface area contributed by atoms with Gasteiger partial charge in [0, 0.05) is 5.69 Å². The van der Waals surface area contributed by atoms with Crippen LogP contribution in [-0.4, -0.2) is 13.0 Å². The van der Waals surface area contributed by atoms with Crippen molar-refractivity contribution >= 4 is 28.9 Å². The second-order valence-corrected chi connectivity index (χ2v) is 4.41. The monoisotopic (exact) mass is 294 g/mol. The number of ether oxygens (including phenoxy) is 1. The summed E-state index contributed by atoms with van der Waals surface area (Å²) < 4.78 is 18.7. The molecule has 1 amide bonds. The quantitative estimate of drug-likeness (QED) is 0.854. The van der Waals surface area contributed by atoms with Gasteiger partial charge < -0.3 is 15.8 Å². The lowest BCUT2D eigenvalue weighted by Gasteiger charge is -2.10. The zero-order chi connectivity index (χ0) is 14.7. The van der Waals surface area contributed by atoms with E-state index in [0.717, 1.165) is 0 Å². The average Bonchev–Trinajstić information content (AvgIpc) is 2.42. The van der Waals surface area contributed by atoms with Gasteiger partial charge in [0.2, 0.25) is 0 Å². The molecule has 0 aliphatic rings. The van der Waals surface area contributed by atoms with Crippen LogP contribution in [0.25, 0.3) is 0 Å². The van der Waals surface area contributed by atoms with Crippen molar-refractivity contribution in [2.75, 3.05) is 18.2 Å². The first-order chi connectivity index (χ1) is 9.52. The molecule has 0 aliphatic carbocycles. The average molecular weight is 295 g/mol. The topological polar surface area (TPSA) is 64.3 Å². The normalized spacial score (nSPS) is 10.2. The van der Waals surface area contributed by atoms with Crippen LogP contribution in [0.2, 0.25) is 5.02 Å². The van der Waals surface area contributed by atoms with Gasteiger partial charge in [-0.25, -0.2) is 4.39 Å². The molecule has 104 valence electrons. The number of benzene rings is 2. The maximum Gasteiger partial charge on any atom is 0.262 e. The number of hydrogen-bond donors (Lipinski definition) is 2. The van der Waals surface area contributed by atoms with Gasteiger partial charge in [-0.05, 0) is 30.3 Å². The lowest BCUT2D eigenvalue weighted by Crippen LogP contribution is -2.15. The van der Waals surface area contributed by atoms with Crippen molar-refractivity contribution in [1.82, 2.24) is 0 Å². The molecular formula is C14H12ClFN2O2. The fourth-order valence-corrected chi connectivity index (χ4v) is 1.87. The van der Waals surface area contributed by atoms with Gasteiger partial charge in [-0.2, -0.15) is 0 Å². The van der Waals surface area contributed by atoms with E-state index in [-0.39, 0.29) is 11.3 Å². The van der Waals surface area contributed by atoms with Gasteiger partial charge >= 0.3 is 0 Å². The van der Waals surface area contributed by atoms with Crippen LogP contribution in [0.1, 0.15) is 10.4 Å². The Bertz CT molecular complexity index is 662. The first-order valence-corrected chi connectivity index (χ1v) is 6.09. The van der Waals surface area contributed by atoms with Crippen LogP contribution < -0.4 is 15.8 Å². The maximum absolute atomic E-state index is 13.7. The van der Waals surface area contributed by atoms with Crippen molar-refractivity contribution in [2.45, 2.75) is 0 Å². The van der Waals surface area contributed by atoms with Gasteiger partial charge in [-0.15, -0.1) is 0 Å². The highest BCUT2D eigenvalue weighted by Gasteiger charge is 2.17. The van der Waals surface area contributed by atoms with Crippen LogP contribution in [0, 0.1) is 5.82 Å². The summed E-state index contributed by atoms with van der Waals surface area (Å²) in [6.07, 6.45) is 0. The highest BCUT2D eigenvalue weighted by atomic mass is 35.5. The fraction of sp³-hybridized carbons (Fsp3) is 0.0714. The molecule has 0 bridgehead atoms. The molecule has 0 aliphatic heterocycles. The largest absolute Gasteiger partial charge is 0.496 e. The number of carbonyl (C=O) groups excluding carboxylic acids is 1. The smallest absolute Gasteiger partial charge is 0.262 e. The summed E-state index contributed by atoms with van der Waals surface area (Å²) in [6.45, 7) is 0. The van der Waals surface area contributed by atoms with E-state index in [1.165, 1.54) is 31.4 Å². The maximum atomic E-state index is 13.7. The van der Waals surface area contributed by atoms with Crippen LogP contribution in [0.5, 0.6) is 5.75 Å². The predicted octanol–water partition coefficient (Wildman–Crippen LogP) is 3.32. The number of amides is 1. The summed E-state index contributed by atoms with van der Waals surface area (Å²) in [4.78, 5) is 12.1. The zero-order valence-electron chi connectivity index (χ0n) is 10.6. The number of carbonyl (C=O) groups is 1. The number of hydrogen-bond acceptors (Lipinski definition) is 3. The number of nitrogens with two attached hydrogens (primary N) is 1. The van der Waals surface area contributed by atoms with Crippen LogP contribution in [0.3, 0.4) is 0 Å². The SMILES string of the molecule is COc1cccc(F)c1C(=O)Nc1ccc(N)c(Cl)c1. The van der Waals surface area contributed by atoms with Gasteiger partial charge in [-0.3, -0.25) is 4.79 Å². The molecule has 0 unspecified atom stereocenters. The van der Waals surface area contributed by atoms with Crippen molar-refractivity contribution in [2.24, 2.45) is 0 Å². The molecule has 3 N–H and O–H groups in total. The van der Waals surface area contributed by atoms with Crippen LogP contribution in [0.15, 0.2) is 36.4 Å². The zero-order valence-corrected chi connectivity index (χ0v) is 11.4. The van der Waals surface area contributed by atoms with E-state index in [4.69, 9.17) is 22.1 Å². The molecular weight excluding hydrogens is 283 g/mol. The molecule has 2 rings (SSSR count). The molecule has 0 atom stereocenters. The van der Waals surface area contributed by atoms with Crippen molar-refractivity contribution in [3.8, 4) is 5.75 Å². The van der Waals surface area contributed by atoms with E-state index in [9.17, 15) is 9.18 Å². The summed E-state index contributed by atoms with van der Waals surface area (Å²) in [5.41, 5.74) is 6.22. The Labute approximate surface area is 120 Å². The Morgan fingerprint density at radius 2 is 2.10 bits per heavy atom. The third kappa shape index (κ3) is 2.83. The predicted molar refractivity (Wildman–Crippen MR) is 76.8 cm³/mol. The van der Waals surface area contributed by atoms with Gasteiger partial charge in [0.25, 0.3) is 5.91 Å². The van der Waals surface area contributed by atoms with Crippen molar-refractivity contribution in [3.05, 3.63) is 52.8 Å². The van der Waals surface area contributed by atoms with E-state index < -0.39 is 11.7 Å². The van der Waals surface area contributed by atoms with Gasteiger partial charge in [-0.1, -0.05) is 17.7 Å². The highest BCUT2D eigenvalue weighted by Crippen LogP contribution is 2.25. The Morgan fingerprint density at radius 3 is 2.75 bits per heavy atom. The number of methoxy groups -OCH3 is 1. The Kier molecular flexibility index (Phi) is 4.10. The molecule has 6 heteroatoms. The minimum absolute atomic E-state index is 0.157. The first-order valence-electron chi connectivity index (χ1n) is 5.72. The summed E-state index contributed by atoms with van der Waals surface area (Å²) in [7, 11) is 1.37. The van der Waals surface area contributed by atoms with Crippen LogP contribution >= 0.6 is 11.6 Å². The number of nitrogen functional groups attached to an aromatic ring is 1. The van der Waals surface area contributed by atoms with E-state index in [2.05, 4.69) is 5.32 Å². The molecule has 2 aromatic rings. The molecule has 0 heterocycles. The van der Waals surface area contributed by atoms with E-state index in [0.29, 0.717) is 16.4 Å². The molecule has 0 aromatic heterocycles. The van der Waals surface area contributed by atoms with Crippen molar-refractivity contribution < 1.29 is 13.9 Å². The standard InChI is InChI=1S/C14H12ClFN2O2/c1-20-12-4-2-3-10(16)13(12)14(19)18-8-5-6-11(17)9(15)7-8/h2-7H,17H2,1H3,(H,18,19). The van der Waals surface area contributed by atoms with Crippen molar-refractivity contribution in [3.63, 3.8) is 0 Å². The molecule has 20 heavy (non-hydrogen) atoms. The Morgan fingerprint density at radius 1 is 1.35 bits per heavy atom. The molecule has 0 fully saturated rings. The van der Waals surface area contributed by atoms with Crippen molar-refractivity contribution in [1.29, 1.82) is 0 Å². The van der Waals surface area contributed by atoms with Crippen LogP contribution in [-0.2, 0) is 0 Å². The Balaban J connectivity index is 2.30. The summed E-state index contributed by atoms with van der Waals surface area (Å²) >= 11 is 5.86. The van der Waals surface area contributed by atoms with Gasteiger partial charge in [0.05, 0.1) is 17.8 Å². The summed E-state index contributed by atoms with van der Waals surface area (Å²) in [6, 6.07) is 8.78. The van der Waals surface area contributed by atoms with Crippen LogP contribution in [0.4, 0.5) is 15.8 Å². The summed E-state index contributed by atoms with van der Waals surface area (Å²) in [5, 5.41) is 2.85. The van der Waals surface area contributed by atoms with E-state index >= 15 is 0 Å². The second kappa shape index (κ2) is 5.79. The summed E-state index contributed by atoms with van der Waals surface area (Å²) in [5.74, 6) is -1.13. The third-order valence-corrected chi connectivity index (χ3v) is 3.01. The first kappa shape index (κ1) is 14.1.